The summed E-state index contributed by atoms with van der Waals surface area (Å²) in [5.74, 6) is 1.38. The number of benzene rings is 4. The lowest BCUT2D eigenvalue weighted by molar-refractivity contribution is -0.151. The number of carbonyl (C=O) groups excluding carboxylic acids is 1. The molecule has 0 amide bonds. The number of para-hydroxylation sites is 1. The Bertz CT molecular complexity index is 2680. The predicted molar refractivity (Wildman–Crippen MR) is 225 cm³/mol. The molecule has 3 aromatic heterocycles. The second-order valence-electron chi connectivity index (χ2n) is 13.6. The first-order valence-corrected chi connectivity index (χ1v) is 20.2. The third kappa shape index (κ3) is 8.39. The SMILES string of the molecule is CCOC(=O)[C@H]1Cc2cc(ccc2OCc2ccnc(-c3ccccc3OC)n2)OC[C@@H](CO)Oc2ccc(c(C)c2Cl)-c2c(-c3ccc(F)cc3)sc3ncnc(c23)O1. The van der Waals surface area contributed by atoms with Crippen molar-refractivity contribution >= 4 is 39.1 Å². The van der Waals surface area contributed by atoms with Gasteiger partial charge in [0, 0.05) is 28.6 Å². The summed E-state index contributed by atoms with van der Waals surface area (Å²) in [6.07, 6.45) is 0.960. The number of hydrogen-bond donors (Lipinski definition) is 1. The lowest BCUT2D eigenvalue weighted by Crippen LogP contribution is -2.32. The highest BCUT2D eigenvalue weighted by molar-refractivity contribution is 7.22. The number of rotatable bonds is 9. The Balaban J connectivity index is 1.24. The topological polar surface area (TPSA) is 144 Å². The van der Waals surface area contributed by atoms with Gasteiger partial charge in [-0.1, -0.05) is 41.9 Å². The van der Waals surface area contributed by atoms with Gasteiger partial charge >= 0.3 is 5.97 Å². The van der Waals surface area contributed by atoms with Crippen LogP contribution in [0.2, 0.25) is 5.02 Å². The Labute approximate surface area is 353 Å². The van der Waals surface area contributed by atoms with Crippen molar-refractivity contribution in [2.45, 2.75) is 39.1 Å². The zero-order valence-electron chi connectivity index (χ0n) is 32.7. The molecular weight excluding hydrogens is 811 g/mol. The molecule has 9 rings (SSSR count). The van der Waals surface area contributed by atoms with Crippen molar-refractivity contribution in [3.8, 4) is 61.8 Å². The fourth-order valence-corrected chi connectivity index (χ4v) is 8.21. The number of thiophene rings is 1. The molecule has 0 radical (unpaired) electrons. The van der Waals surface area contributed by atoms with Gasteiger partial charge in [0.1, 0.15) is 53.2 Å². The van der Waals surface area contributed by atoms with Gasteiger partial charge < -0.3 is 33.5 Å². The van der Waals surface area contributed by atoms with Crippen LogP contribution >= 0.6 is 22.9 Å². The number of fused-ring (bicyclic) bond motifs is 7. The van der Waals surface area contributed by atoms with Crippen LogP contribution in [0.4, 0.5) is 4.39 Å². The average molecular weight is 849 g/mol. The van der Waals surface area contributed by atoms with Crippen molar-refractivity contribution in [3.63, 3.8) is 0 Å². The summed E-state index contributed by atoms with van der Waals surface area (Å²) in [6, 6.07) is 24.1. The van der Waals surface area contributed by atoms with E-state index in [9.17, 15) is 14.3 Å². The maximum atomic E-state index is 14.2. The summed E-state index contributed by atoms with van der Waals surface area (Å²) < 4.78 is 50.7. The lowest BCUT2D eigenvalue weighted by atomic mass is 9.96. The molecule has 60 heavy (non-hydrogen) atoms. The van der Waals surface area contributed by atoms with Gasteiger partial charge in [0.2, 0.25) is 12.0 Å². The van der Waals surface area contributed by atoms with Crippen molar-refractivity contribution in [1.29, 1.82) is 0 Å². The lowest BCUT2D eigenvalue weighted by Gasteiger charge is -2.21. The minimum Gasteiger partial charge on any atom is -0.496 e. The van der Waals surface area contributed by atoms with E-state index in [1.165, 1.54) is 29.8 Å². The number of carbonyl (C=O) groups is 1. The molecule has 1 N–H and O–H groups in total. The number of methoxy groups -OCH3 is 1. The van der Waals surface area contributed by atoms with Crippen LogP contribution in [-0.4, -0.2) is 70.2 Å². The molecule has 4 aromatic carbocycles. The molecule has 0 spiro atoms. The van der Waals surface area contributed by atoms with E-state index in [1.807, 2.05) is 37.3 Å². The summed E-state index contributed by atoms with van der Waals surface area (Å²) in [5, 5.41) is 11.2. The van der Waals surface area contributed by atoms with E-state index >= 15 is 0 Å². The van der Waals surface area contributed by atoms with Gasteiger partial charge in [-0.05, 0) is 85.1 Å². The van der Waals surface area contributed by atoms with Crippen LogP contribution in [0.15, 0.2) is 97.5 Å². The van der Waals surface area contributed by atoms with E-state index in [4.69, 9.17) is 45.0 Å². The fourth-order valence-electron chi connectivity index (χ4n) is 6.85. The standard InChI is InChI=1S/C45H38ClFN4O8S/c1-4-55-45(53)37-20-27-19-30(13-15-34(27)57-22-29-17-18-48-42(51-29)33-7-5-6-8-35(33)54-3)56-23-31(21-52)58-36-16-14-32(25(2)40(36)46)38-39-43(59-37)49-24-50-44(39)60-41(38)26-9-11-28(47)12-10-26/h5-19,24,31,37,52H,4,20-23H2,1-3H3/t31-,37-/m1/s1. The van der Waals surface area contributed by atoms with Gasteiger partial charge in [-0.3, -0.25) is 0 Å². The molecule has 0 fully saturated rings. The molecule has 5 heterocycles. The van der Waals surface area contributed by atoms with Gasteiger partial charge in [0.05, 0.1) is 42.0 Å². The molecule has 12 nitrogen and oxygen atoms in total. The first-order chi connectivity index (χ1) is 29.2. The first-order valence-electron chi connectivity index (χ1n) is 19.0. The minimum absolute atomic E-state index is 0.0313. The maximum absolute atomic E-state index is 14.2. The number of esters is 1. The number of aromatic nitrogens is 4. The number of ether oxygens (including phenoxy) is 6. The van der Waals surface area contributed by atoms with Gasteiger partial charge in [0.25, 0.3) is 0 Å². The molecule has 2 aliphatic heterocycles. The van der Waals surface area contributed by atoms with E-state index in [1.54, 1.807) is 62.7 Å². The third-order valence-electron chi connectivity index (χ3n) is 9.79. The third-order valence-corrected chi connectivity index (χ3v) is 11.4. The zero-order chi connectivity index (χ0) is 41.8. The van der Waals surface area contributed by atoms with E-state index in [2.05, 4.69) is 15.0 Å². The molecule has 4 bridgehead atoms. The van der Waals surface area contributed by atoms with Crippen molar-refractivity contribution in [2.75, 3.05) is 26.9 Å². The molecule has 2 aliphatic rings. The summed E-state index contributed by atoms with van der Waals surface area (Å²) in [6.45, 7) is 3.30. The number of hydrogen-bond acceptors (Lipinski definition) is 13. The van der Waals surface area contributed by atoms with Gasteiger partial charge in [-0.2, -0.15) is 0 Å². The molecule has 306 valence electrons. The molecule has 0 saturated heterocycles. The Morgan fingerprint density at radius 2 is 1.82 bits per heavy atom. The number of aliphatic hydroxyl groups excluding tert-OH is 1. The summed E-state index contributed by atoms with van der Waals surface area (Å²) in [4.78, 5) is 33.5. The van der Waals surface area contributed by atoms with Crippen LogP contribution in [0, 0.1) is 12.7 Å². The van der Waals surface area contributed by atoms with Crippen LogP contribution < -0.4 is 23.7 Å². The van der Waals surface area contributed by atoms with Crippen LogP contribution in [0.5, 0.6) is 28.9 Å². The second kappa shape index (κ2) is 17.9. The summed E-state index contributed by atoms with van der Waals surface area (Å²) >= 11 is 8.38. The Morgan fingerprint density at radius 1 is 0.983 bits per heavy atom. The van der Waals surface area contributed by atoms with Crippen molar-refractivity contribution in [1.82, 2.24) is 19.9 Å². The monoisotopic (exact) mass is 848 g/mol. The number of halogens is 2. The van der Waals surface area contributed by atoms with E-state index in [-0.39, 0.29) is 44.5 Å². The highest BCUT2D eigenvalue weighted by Gasteiger charge is 2.30. The van der Waals surface area contributed by atoms with Crippen molar-refractivity contribution < 1.29 is 42.7 Å². The van der Waals surface area contributed by atoms with Crippen LogP contribution in [-0.2, 0) is 22.6 Å². The highest BCUT2D eigenvalue weighted by atomic mass is 35.5. The fraction of sp³-hybridized carbons (Fsp3) is 0.222. The number of aliphatic hydroxyl groups is 1. The van der Waals surface area contributed by atoms with E-state index in [0.717, 1.165) is 16.0 Å². The van der Waals surface area contributed by atoms with Crippen LogP contribution in [0.1, 0.15) is 23.7 Å². The molecule has 7 aromatic rings. The van der Waals surface area contributed by atoms with Crippen LogP contribution in [0.25, 0.3) is 43.2 Å². The van der Waals surface area contributed by atoms with Crippen LogP contribution in [0.3, 0.4) is 0 Å². The second-order valence-corrected chi connectivity index (χ2v) is 15.0. The largest absolute Gasteiger partial charge is 0.496 e. The molecular formula is C45H38ClFN4O8S. The zero-order valence-corrected chi connectivity index (χ0v) is 34.3. The summed E-state index contributed by atoms with van der Waals surface area (Å²) in [5.41, 5.74) is 4.61. The van der Waals surface area contributed by atoms with Crippen molar-refractivity contribution in [2.24, 2.45) is 0 Å². The molecule has 0 unspecified atom stereocenters. The Hall–Kier alpha value is -6.35. The minimum atomic E-state index is -1.23. The quantitative estimate of drug-likeness (QED) is 0.139. The highest BCUT2D eigenvalue weighted by Crippen LogP contribution is 2.49. The predicted octanol–water partition coefficient (Wildman–Crippen LogP) is 8.86. The van der Waals surface area contributed by atoms with E-state index in [0.29, 0.717) is 72.0 Å². The normalized spacial score (nSPS) is 15.0. The Morgan fingerprint density at radius 3 is 2.62 bits per heavy atom. The number of nitrogens with zero attached hydrogens (tertiary/aromatic N) is 4. The Kier molecular flexibility index (Phi) is 12.0. The maximum Gasteiger partial charge on any atom is 0.347 e. The molecule has 15 heteroatoms. The van der Waals surface area contributed by atoms with Gasteiger partial charge in [-0.15, -0.1) is 11.3 Å². The average Bonchev–Trinajstić information content (AvgIpc) is 3.66. The molecule has 0 aliphatic carbocycles. The molecule has 0 saturated carbocycles. The van der Waals surface area contributed by atoms with Gasteiger partial charge in [0.15, 0.2) is 11.9 Å². The first kappa shape index (κ1) is 40.4. The summed E-state index contributed by atoms with van der Waals surface area (Å²) in [7, 11) is 1.59. The van der Waals surface area contributed by atoms with Gasteiger partial charge in [-0.25, -0.2) is 29.1 Å². The van der Waals surface area contributed by atoms with E-state index < -0.39 is 18.2 Å². The van der Waals surface area contributed by atoms with Crippen molar-refractivity contribution in [3.05, 3.63) is 125 Å². The smallest absolute Gasteiger partial charge is 0.347 e. The molecule has 2 atom stereocenters.